The summed E-state index contributed by atoms with van der Waals surface area (Å²) in [6.45, 7) is 8.25. The molecule has 0 saturated heterocycles. The third-order valence-corrected chi connectivity index (χ3v) is 2.89. The van der Waals surface area contributed by atoms with E-state index in [9.17, 15) is 10.1 Å². The van der Waals surface area contributed by atoms with Gasteiger partial charge in [-0.05, 0) is 19.8 Å². The number of hydrogen-bond acceptors (Lipinski definition) is 5. The highest BCUT2D eigenvalue weighted by Crippen LogP contribution is 2.28. The molecule has 0 amide bonds. The minimum absolute atomic E-state index is 0.0620. The fourth-order valence-corrected chi connectivity index (χ4v) is 1.93. The van der Waals surface area contributed by atoms with Gasteiger partial charge in [0.05, 0.1) is 11.5 Å². The lowest BCUT2D eigenvalue weighted by Crippen LogP contribution is -2.14. The van der Waals surface area contributed by atoms with E-state index in [0.717, 1.165) is 25.9 Å². The number of rotatable bonds is 10. The van der Waals surface area contributed by atoms with E-state index < -0.39 is 0 Å². The van der Waals surface area contributed by atoms with Crippen LogP contribution < -0.4 is 5.32 Å². The summed E-state index contributed by atoms with van der Waals surface area (Å²) in [7, 11) is 0. The minimum Gasteiger partial charge on any atom is -0.380 e. The van der Waals surface area contributed by atoms with Crippen molar-refractivity contribution in [2.24, 2.45) is 0 Å². The summed E-state index contributed by atoms with van der Waals surface area (Å²) >= 11 is 0. The first-order valence-corrected chi connectivity index (χ1v) is 7.15. The highest BCUT2D eigenvalue weighted by Gasteiger charge is 2.24. The Morgan fingerprint density at radius 1 is 1.35 bits per heavy atom. The minimum atomic E-state index is -0.380. The average molecular weight is 284 g/mol. The maximum Gasteiger partial charge on any atom is 0.333 e. The van der Waals surface area contributed by atoms with Gasteiger partial charge in [0.1, 0.15) is 5.69 Å². The van der Waals surface area contributed by atoms with Gasteiger partial charge in [0.15, 0.2) is 0 Å². The molecule has 0 bridgehead atoms. The third-order valence-electron chi connectivity index (χ3n) is 2.89. The average Bonchev–Trinajstić information content (AvgIpc) is 2.70. The molecule has 7 heteroatoms. The quantitative estimate of drug-likeness (QED) is 0.406. The van der Waals surface area contributed by atoms with Crippen molar-refractivity contribution < 1.29 is 9.66 Å². The van der Waals surface area contributed by atoms with Gasteiger partial charge in [0, 0.05) is 19.7 Å². The number of anilines is 1. The number of aryl methyl sites for hydroxylation is 2. The van der Waals surface area contributed by atoms with Gasteiger partial charge in [-0.15, -0.1) is 0 Å². The Bertz CT molecular complexity index is 431. The monoisotopic (exact) mass is 284 g/mol. The van der Waals surface area contributed by atoms with Crippen molar-refractivity contribution in [2.45, 2.75) is 46.6 Å². The van der Waals surface area contributed by atoms with E-state index >= 15 is 0 Å². The fourth-order valence-electron chi connectivity index (χ4n) is 1.93. The van der Waals surface area contributed by atoms with E-state index in [-0.39, 0.29) is 10.6 Å². The Kier molecular flexibility index (Phi) is 7.00. The number of aromatic nitrogens is 2. The number of hydrogen-bond donors (Lipinski definition) is 1. The van der Waals surface area contributed by atoms with Crippen LogP contribution in [0.4, 0.5) is 11.5 Å². The zero-order valence-corrected chi connectivity index (χ0v) is 12.5. The molecule has 20 heavy (non-hydrogen) atoms. The van der Waals surface area contributed by atoms with E-state index in [1.54, 1.807) is 11.6 Å². The van der Waals surface area contributed by atoms with Crippen LogP contribution in [0.3, 0.4) is 0 Å². The van der Waals surface area contributed by atoms with E-state index in [1.807, 2.05) is 6.92 Å². The molecule has 0 unspecified atom stereocenters. The van der Waals surface area contributed by atoms with E-state index in [0.29, 0.717) is 31.2 Å². The Morgan fingerprint density at radius 3 is 2.70 bits per heavy atom. The van der Waals surface area contributed by atoms with Gasteiger partial charge < -0.3 is 10.1 Å². The van der Waals surface area contributed by atoms with Crippen LogP contribution in [0.25, 0.3) is 0 Å². The fraction of sp³-hybridized carbons (Fsp3) is 0.769. The van der Waals surface area contributed by atoms with Crippen LogP contribution in [0.2, 0.25) is 0 Å². The molecule has 0 saturated carbocycles. The number of nitro groups is 1. The van der Waals surface area contributed by atoms with Crippen molar-refractivity contribution in [1.82, 2.24) is 9.78 Å². The summed E-state index contributed by atoms with van der Waals surface area (Å²) in [6, 6.07) is 0. The van der Waals surface area contributed by atoms with Gasteiger partial charge in [-0.2, -0.15) is 5.10 Å². The summed E-state index contributed by atoms with van der Waals surface area (Å²) in [4.78, 5) is 10.7. The molecule has 0 atom stereocenters. The smallest absolute Gasteiger partial charge is 0.333 e. The third kappa shape index (κ3) is 4.48. The SMILES string of the molecule is CCCCOCCNc1c([N+](=O)[O-])c(C)nn1CCC. The molecule has 1 N–H and O–H groups in total. The molecule has 7 nitrogen and oxygen atoms in total. The lowest BCUT2D eigenvalue weighted by molar-refractivity contribution is -0.384. The topological polar surface area (TPSA) is 82.2 Å². The summed E-state index contributed by atoms with van der Waals surface area (Å²) in [5.41, 5.74) is 0.504. The molecule has 0 radical (unpaired) electrons. The zero-order chi connectivity index (χ0) is 15.0. The van der Waals surface area contributed by atoms with Crippen LogP contribution >= 0.6 is 0 Å². The summed E-state index contributed by atoms with van der Waals surface area (Å²) in [5, 5.41) is 18.4. The van der Waals surface area contributed by atoms with E-state index in [4.69, 9.17) is 4.74 Å². The largest absolute Gasteiger partial charge is 0.380 e. The Hall–Kier alpha value is -1.63. The highest BCUT2D eigenvalue weighted by molar-refractivity contribution is 5.59. The maximum absolute atomic E-state index is 11.1. The zero-order valence-electron chi connectivity index (χ0n) is 12.5. The van der Waals surface area contributed by atoms with Crippen LogP contribution in [0.5, 0.6) is 0 Å². The summed E-state index contributed by atoms with van der Waals surface area (Å²) < 4.78 is 7.11. The van der Waals surface area contributed by atoms with Crippen LogP contribution in [-0.2, 0) is 11.3 Å². The lowest BCUT2D eigenvalue weighted by atomic mass is 10.3. The first kappa shape index (κ1) is 16.4. The molecule has 1 aromatic rings. The maximum atomic E-state index is 11.1. The number of unbranched alkanes of at least 4 members (excludes halogenated alkanes) is 1. The molecular formula is C13H24N4O3. The second-order valence-electron chi connectivity index (χ2n) is 4.66. The Labute approximate surface area is 119 Å². The molecule has 0 aliphatic rings. The van der Waals surface area contributed by atoms with E-state index in [1.165, 1.54) is 0 Å². The second kappa shape index (κ2) is 8.52. The van der Waals surface area contributed by atoms with Crippen molar-refractivity contribution in [3.8, 4) is 0 Å². The van der Waals surface area contributed by atoms with Gasteiger partial charge in [-0.1, -0.05) is 20.3 Å². The molecular weight excluding hydrogens is 260 g/mol. The van der Waals surface area contributed by atoms with Crippen molar-refractivity contribution in [3.63, 3.8) is 0 Å². The van der Waals surface area contributed by atoms with Crippen LogP contribution in [0.1, 0.15) is 38.8 Å². The Morgan fingerprint density at radius 2 is 2.10 bits per heavy atom. The van der Waals surface area contributed by atoms with Crippen molar-refractivity contribution in [1.29, 1.82) is 0 Å². The highest BCUT2D eigenvalue weighted by atomic mass is 16.6. The molecule has 1 aromatic heterocycles. The Balaban J connectivity index is 2.63. The van der Waals surface area contributed by atoms with Gasteiger partial charge in [-0.3, -0.25) is 10.1 Å². The summed E-state index contributed by atoms with van der Waals surface area (Å²) in [6.07, 6.45) is 3.01. The number of ether oxygens (including phenoxy) is 1. The molecule has 114 valence electrons. The van der Waals surface area contributed by atoms with Crippen molar-refractivity contribution >= 4 is 11.5 Å². The predicted molar refractivity (Wildman–Crippen MR) is 78.1 cm³/mol. The predicted octanol–water partition coefficient (Wildman–Crippen LogP) is 2.74. The number of nitrogens with one attached hydrogen (secondary N) is 1. The first-order chi connectivity index (χ1) is 9.61. The van der Waals surface area contributed by atoms with Crippen molar-refractivity contribution in [2.75, 3.05) is 25.1 Å². The molecule has 0 spiro atoms. The first-order valence-electron chi connectivity index (χ1n) is 7.15. The lowest BCUT2D eigenvalue weighted by Gasteiger charge is -2.08. The van der Waals surface area contributed by atoms with Crippen LogP contribution in [0.15, 0.2) is 0 Å². The van der Waals surface area contributed by atoms with Crippen LogP contribution in [0, 0.1) is 17.0 Å². The molecule has 0 aliphatic heterocycles. The van der Waals surface area contributed by atoms with Gasteiger partial charge in [0.2, 0.25) is 5.82 Å². The molecule has 0 fully saturated rings. The molecule has 1 rings (SSSR count). The van der Waals surface area contributed by atoms with E-state index in [2.05, 4.69) is 17.3 Å². The van der Waals surface area contributed by atoms with Gasteiger partial charge in [-0.25, -0.2) is 4.68 Å². The number of nitrogens with zero attached hydrogens (tertiary/aromatic N) is 3. The molecule has 0 aromatic carbocycles. The second-order valence-corrected chi connectivity index (χ2v) is 4.66. The standard InChI is InChI=1S/C13H24N4O3/c1-4-6-9-20-10-7-14-13-12(17(18)19)11(3)15-16(13)8-5-2/h14H,4-10H2,1-3H3. The summed E-state index contributed by atoms with van der Waals surface area (Å²) in [5.74, 6) is 0.480. The molecule has 1 heterocycles. The van der Waals surface area contributed by atoms with Gasteiger partial charge >= 0.3 is 5.69 Å². The van der Waals surface area contributed by atoms with Crippen LogP contribution in [-0.4, -0.2) is 34.5 Å². The normalized spacial score (nSPS) is 10.8. The molecule has 0 aliphatic carbocycles. The van der Waals surface area contributed by atoms with Crippen molar-refractivity contribution in [3.05, 3.63) is 15.8 Å². The van der Waals surface area contributed by atoms with Gasteiger partial charge in [0.25, 0.3) is 0 Å².